The maximum atomic E-state index is 10.8. The second-order valence-corrected chi connectivity index (χ2v) is 3.08. The van der Waals surface area contributed by atoms with Crippen LogP contribution in [0.25, 0.3) is 10.9 Å². The molecule has 4 heteroatoms. The van der Waals surface area contributed by atoms with Crippen molar-refractivity contribution in [3.05, 3.63) is 29.1 Å². The largest absolute Gasteiger partial charge is 0.366 e. The molecule has 0 fully saturated rings. The molecule has 2 aromatic rings. The van der Waals surface area contributed by atoms with E-state index >= 15 is 0 Å². The van der Waals surface area contributed by atoms with Crippen LogP contribution in [0.4, 0.5) is 0 Å². The number of carbonyl (C=O) groups is 1. The molecule has 0 spiro atoms. The number of benzene rings is 1. The van der Waals surface area contributed by atoms with Gasteiger partial charge in [0.1, 0.15) is 0 Å². The van der Waals surface area contributed by atoms with Gasteiger partial charge in [-0.1, -0.05) is 6.07 Å². The lowest BCUT2D eigenvalue weighted by Crippen LogP contribution is -2.10. The molecule has 2 N–H and O–H groups in total. The monoisotopic (exact) mass is 178 g/mol. The molecule has 0 saturated carbocycles. The number of nitrogens with zero attached hydrogens (tertiary/aromatic N) is 1. The number of fused-ring (bicyclic) bond motifs is 1. The molecule has 0 atom stereocenters. The van der Waals surface area contributed by atoms with Crippen LogP contribution in [-0.4, -0.2) is 10.3 Å². The number of rotatable bonds is 1. The first-order valence-electron chi connectivity index (χ1n) is 3.41. The van der Waals surface area contributed by atoms with Gasteiger partial charge in [-0.2, -0.15) is 4.37 Å². The molecule has 0 aliphatic heterocycles. The number of primary amides is 1. The van der Waals surface area contributed by atoms with Crippen LogP contribution < -0.4 is 5.73 Å². The number of hydrogen-bond donors (Lipinski definition) is 1. The summed E-state index contributed by atoms with van der Waals surface area (Å²) in [4.78, 5) is 10.8. The number of nitrogens with two attached hydrogens (primary N) is 1. The summed E-state index contributed by atoms with van der Waals surface area (Å²) in [7, 11) is 0. The highest BCUT2D eigenvalue weighted by Crippen LogP contribution is 2.16. The third-order valence-electron chi connectivity index (χ3n) is 1.65. The lowest BCUT2D eigenvalue weighted by atomic mass is 10.1. The molecule has 12 heavy (non-hydrogen) atoms. The van der Waals surface area contributed by atoms with E-state index in [4.69, 9.17) is 5.73 Å². The lowest BCUT2D eigenvalue weighted by Gasteiger charge is -1.93. The minimum Gasteiger partial charge on any atom is -0.366 e. The minimum absolute atomic E-state index is 0.412. The zero-order valence-electron chi connectivity index (χ0n) is 6.15. The summed E-state index contributed by atoms with van der Waals surface area (Å²) in [6.45, 7) is 0. The minimum atomic E-state index is -0.412. The fourth-order valence-corrected chi connectivity index (χ4v) is 1.65. The fourth-order valence-electron chi connectivity index (χ4n) is 1.02. The summed E-state index contributed by atoms with van der Waals surface area (Å²) < 4.78 is 4.10. The van der Waals surface area contributed by atoms with Gasteiger partial charge in [0.15, 0.2) is 0 Å². The van der Waals surface area contributed by atoms with Crippen molar-refractivity contribution >= 4 is 28.3 Å². The molecular formula is C8H6N2OS. The molecule has 1 aromatic heterocycles. The van der Waals surface area contributed by atoms with E-state index in [1.54, 1.807) is 12.1 Å². The van der Waals surface area contributed by atoms with E-state index in [-0.39, 0.29) is 0 Å². The van der Waals surface area contributed by atoms with Crippen molar-refractivity contribution in [2.75, 3.05) is 0 Å². The third kappa shape index (κ3) is 1.06. The van der Waals surface area contributed by atoms with Gasteiger partial charge in [0, 0.05) is 16.3 Å². The molecule has 0 aliphatic rings. The second kappa shape index (κ2) is 2.57. The molecule has 0 unspecified atom stereocenters. The van der Waals surface area contributed by atoms with E-state index in [1.807, 2.05) is 11.4 Å². The number of carbonyl (C=O) groups excluding carboxylic acids is 1. The van der Waals surface area contributed by atoms with Gasteiger partial charge < -0.3 is 5.73 Å². The van der Waals surface area contributed by atoms with Gasteiger partial charge in [-0.25, -0.2) is 0 Å². The van der Waals surface area contributed by atoms with E-state index in [0.717, 1.165) is 10.9 Å². The van der Waals surface area contributed by atoms with Crippen LogP contribution in [-0.2, 0) is 0 Å². The van der Waals surface area contributed by atoms with Crippen molar-refractivity contribution in [1.82, 2.24) is 4.37 Å². The zero-order valence-corrected chi connectivity index (χ0v) is 6.97. The average Bonchev–Trinajstić information content (AvgIpc) is 2.49. The van der Waals surface area contributed by atoms with E-state index < -0.39 is 5.91 Å². The van der Waals surface area contributed by atoms with Crippen molar-refractivity contribution in [2.24, 2.45) is 5.73 Å². The van der Waals surface area contributed by atoms with Gasteiger partial charge >= 0.3 is 0 Å². The predicted octanol–water partition coefficient (Wildman–Crippen LogP) is 1.40. The summed E-state index contributed by atoms with van der Waals surface area (Å²) in [5.41, 5.74) is 6.45. The predicted molar refractivity (Wildman–Crippen MR) is 48.1 cm³/mol. The van der Waals surface area contributed by atoms with Gasteiger partial charge in [0.2, 0.25) is 5.91 Å². The van der Waals surface area contributed by atoms with Crippen LogP contribution >= 0.6 is 11.5 Å². The van der Waals surface area contributed by atoms with Gasteiger partial charge in [0.25, 0.3) is 0 Å². The van der Waals surface area contributed by atoms with E-state index in [0.29, 0.717) is 5.56 Å². The zero-order chi connectivity index (χ0) is 8.55. The van der Waals surface area contributed by atoms with E-state index in [9.17, 15) is 4.79 Å². The summed E-state index contributed by atoms with van der Waals surface area (Å²) >= 11 is 1.37. The molecule has 3 nitrogen and oxygen atoms in total. The standard InChI is InChI=1S/C8H6N2OS/c9-8(11)5-1-2-6-4-12-10-7(6)3-5/h1-4H,(H2,9,11). The molecule has 0 saturated heterocycles. The maximum Gasteiger partial charge on any atom is 0.248 e. The molecule has 0 radical (unpaired) electrons. The normalized spacial score (nSPS) is 10.3. The first kappa shape index (κ1) is 7.24. The Morgan fingerprint density at radius 2 is 2.33 bits per heavy atom. The van der Waals surface area contributed by atoms with Crippen molar-refractivity contribution < 1.29 is 4.79 Å². The van der Waals surface area contributed by atoms with Crippen molar-refractivity contribution in [3.8, 4) is 0 Å². The van der Waals surface area contributed by atoms with Crippen LogP contribution in [0.5, 0.6) is 0 Å². The lowest BCUT2D eigenvalue weighted by molar-refractivity contribution is 0.100. The summed E-state index contributed by atoms with van der Waals surface area (Å²) in [5.74, 6) is -0.412. The number of amides is 1. The van der Waals surface area contributed by atoms with Crippen LogP contribution in [0.15, 0.2) is 23.6 Å². The Kier molecular flexibility index (Phi) is 1.55. The Labute approximate surface area is 73.0 Å². The molecule has 2 rings (SSSR count). The maximum absolute atomic E-state index is 10.8. The van der Waals surface area contributed by atoms with E-state index in [2.05, 4.69) is 4.37 Å². The molecule has 60 valence electrons. The Hall–Kier alpha value is -1.42. The second-order valence-electron chi connectivity index (χ2n) is 2.45. The molecular weight excluding hydrogens is 172 g/mol. The van der Waals surface area contributed by atoms with Crippen molar-refractivity contribution in [3.63, 3.8) is 0 Å². The first-order chi connectivity index (χ1) is 5.77. The molecule has 1 amide bonds. The topological polar surface area (TPSA) is 56.0 Å². The molecule has 0 aliphatic carbocycles. The highest BCUT2D eigenvalue weighted by molar-refractivity contribution is 7.04. The smallest absolute Gasteiger partial charge is 0.248 e. The van der Waals surface area contributed by atoms with Crippen LogP contribution in [0.2, 0.25) is 0 Å². The summed E-state index contributed by atoms with van der Waals surface area (Å²) in [6.07, 6.45) is 0. The Balaban J connectivity index is 2.68. The van der Waals surface area contributed by atoms with Crippen molar-refractivity contribution in [2.45, 2.75) is 0 Å². The Morgan fingerprint density at radius 1 is 1.50 bits per heavy atom. The van der Waals surface area contributed by atoms with Crippen LogP contribution in [0.3, 0.4) is 0 Å². The SMILES string of the molecule is NC(=O)c1ccc2csnc2c1. The van der Waals surface area contributed by atoms with E-state index in [1.165, 1.54) is 11.5 Å². The number of aromatic nitrogens is 1. The van der Waals surface area contributed by atoms with Crippen LogP contribution in [0, 0.1) is 0 Å². The Bertz CT molecular complexity index is 435. The van der Waals surface area contributed by atoms with Crippen LogP contribution in [0.1, 0.15) is 10.4 Å². The molecule has 1 heterocycles. The first-order valence-corrected chi connectivity index (χ1v) is 4.25. The van der Waals surface area contributed by atoms with Gasteiger partial charge in [-0.3, -0.25) is 4.79 Å². The van der Waals surface area contributed by atoms with Gasteiger partial charge in [-0.05, 0) is 23.7 Å². The highest BCUT2D eigenvalue weighted by Gasteiger charge is 2.02. The average molecular weight is 178 g/mol. The van der Waals surface area contributed by atoms with Gasteiger partial charge in [0.05, 0.1) is 5.52 Å². The highest BCUT2D eigenvalue weighted by atomic mass is 32.1. The Morgan fingerprint density at radius 3 is 3.08 bits per heavy atom. The summed E-state index contributed by atoms with van der Waals surface area (Å²) in [5, 5.41) is 2.98. The van der Waals surface area contributed by atoms with Crippen molar-refractivity contribution in [1.29, 1.82) is 0 Å². The quantitative estimate of drug-likeness (QED) is 0.717. The van der Waals surface area contributed by atoms with Gasteiger partial charge in [-0.15, -0.1) is 0 Å². The third-order valence-corrected chi connectivity index (χ3v) is 2.31. The molecule has 1 aromatic carbocycles. The summed E-state index contributed by atoms with van der Waals surface area (Å²) in [6, 6.07) is 5.26. The number of hydrogen-bond acceptors (Lipinski definition) is 3. The molecule has 0 bridgehead atoms. The fraction of sp³-hybridized carbons (Fsp3) is 0.